The molecule has 0 aliphatic rings. The van der Waals surface area contributed by atoms with Crippen molar-refractivity contribution in [2.75, 3.05) is 26.7 Å². The molecule has 5 heteroatoms. The predicted molar refractivity (Wildman–Crippen MR) is 135 cm³/mol. The van der Waals surface area contributed by atoms with Gasteiger partial charge >= 0.3 is 0 Å². The van der Waals surface area contributed by atoms with Crippen LogP contribution in [-0.2, 0) is 13.0 Å². The van der Waals surface area contributed by atoms with Gasteiger partial charge in [0.15, 0.2) is 0 Å². The van der Waals surface area contributed by atoms with Crippen LogP contribution in [0.25, 0.3) is 11.0 Å². The van der Waals surface area contributed by atoms with E-state index in [9.17, 15) is 10.5 Å². The first-order chi connectivity index (χ1) is 16.0. The lowest BCUT2D eigenvalue weighted by Crippen LogP contribution is -2.36. The Morgan fingerprint density at radius 2 is 1.42 bits per heavy atom. The van der Waals surface area contributed by atoms with Crippen molar-refractivity contribution in [3.8, 4) is 0 Å². The molecular formula is C28H34N4O. The van der Waals surface area contributed by atoms with E-state index in [4.69, 9.17) is 0 Å². The van der Waals surface area contributed by atoms with Gasteiger partial charge in [-0.2, -0.15) is 0 Å². The van der Waals surface area contributed by atoms with E-state index < -0.39 is 0 Å². The number of imidazole rings is 1. The molecule has 0 aliphatic heterocycles. The van der Waals surface area contributed by atoms with Crippen molar-refractivity contribution >= 4 is 11.0 Å². The number of hydrogen-bond acceptors (Lipinski definition) is 3. The van der Waals surface area contributed by atoms with Crippen LogP contribution in [0.1, 0.15) is 28.3 Å². The second-order valence-corrected chi connectivity index (χ2v) is 9.08. The van der Waals surface area contributed by atoms with E-state index in [1.165, 1.54) is 22.3 Å². The van der Waals surface area contributed by atoms with Crippen molar-refractivity contribution in [1.82, 2.24) is 14.0 Å². The second-order valence-electron chi connectivity index (χ2n) is 9.08. The Labute approximate surface area is 196 Å². The SMILES string of the molecule is Cc1ccc(CC(CN(C)CCO)n2c(=N)n(Cc3ccc(C)cc3)c3ccccc32)cc1. The lowest BCUT2D eigenvalue weighted by molar-refractivity contribution is 0.201. The molecule has 1 unspecified atom stereocenters. The summed E-state index contributed by atoms with van der Waals surface area (Å²) in [6.07, 6.45) is 0.825. The highest BCUT2D eigenvalue weighted by Gasteiger charge is 2.21. The zero-order valence-corrected chi connectivity index (χ0v) is 19.8. The third kappa shape index (κ3) is 5.27. The Hall–Kier alpha value is -3.15. The highest BCUT2D eigenvalue weighted by molar-refractivity contribution is 5.76. The Morgan fingerprint density at radius 1 is 0.848 bits per heavy atom. The molecule has 0 saturated heterocycles. The Kier molecular flexibility index (Phi) is 7.11. The fourth-order valence-corrected chi connectivity index (χ4v) is 4.52. The van der Waals surface area contributed by atoms with Crippen molar-refractivity contribution in [3.63, 3.8) is 0 Å². The highest BCUT2D eigenvalue weighted by Crippen LogP contribution is 2.22. The fraction of sp³-hybridized carbons (Fsp3) is 0.321. The molecule has 0 bridgehead atoms. The summed E-state index contributed by atoms with van der Waals surface area (Å²) in [4.78, 5) is 2.15. The summed E-state index contributed by atoms with van der Waals surface area (Å²) in [5.41, 5.74) is 7.58. The van der Waals surface area contributed by atoms with Gasteiger partial charge in [-0.15, -0.1) is 0 Å². The quantitative estimate of drug-likeness (QED) is 0.406. The molecule has 1 heterocycles. The van der Waals surface area contributed by atoms with Crippen LogP contribution in [0.2, 0.25) is 0 Å². The molecule has 4 aromatic rings. The minimum Gasteiger partial charge on any atom is -0.395 e. The van der Waals surface area contributed by atoms with E-state index in [2.05, 4.69) is 94.6 Å². The number of fused-ring (bicyclic) bond motifs is 1. The van der Waals surface area contributed by atoms with Crippen LogP contribution in [0.15, 0.2) is 72.8 Å². The Bertz CT molecular complexity index is 1250. The number of benzene rings is 3. The zero-order chi connectivity index (χ0) is 23.4. The van der Waals surface area contributed by atoms with Gasteiger partial charge in [-0.1, -0.05) is 71.8 Å². The van der Waals surface area contributed by atoms with Crippen molar-refractivity contribution in [2.24, 2.45) is 0 Å². The normalized spacial score (nSPS) is 12.5. The molecule has 0 spiro atoms. The summed E-state index contributed by atoms with van der Waals surface area (Å²) in [5, 5.41) is 18.7. The number of aromatic nitrogens is 2. The molecule has 0 amide bonds. The number of likely N-dealkylation sites (N-methyl/N-ethyl adjacent to an activating group) is 1. The first-order valence-electron chi connectivity index (χ1n) is 11.6. The molecule has 3 aromatic carbocycles. The summed E-state index contributed by atoms with van der Waals surface area (Å²) in [7, 11) is 2.04. The number of hydrogen-bond donors (Lipinski definition) is 2. The Balaban J connectivity index is 1.79. The van der Waals surface area contributed by atoms with Crippen molar-refractivity contribution in [1.29, 1.82) is 5.41 Å². The smallest absolute Gasteiger partial charge is 0.203 e. The van der Waals surface area contributed by atoms with Gasteiger partial charge in [0.1, 0.15) is 0 Å². The van der Waals surface area contributed by atoms with E-state index >= 15 is 0 Å². The lowest BCUT2D eigenvalue weighted by atomic mass is 10.0. The zero-order valence-electron chi connectivity index (χ0n) is 19.8. The van der Waals surface area contributed by atoms with Crippen molar-refractivity contribution < 1.29 is 5.11 Å². The van der Waals surface area contributed by atoms with Gasteiger partial charge in [0, 0.05) is 13.1 Å². The number of para-hydroxylation sites is 2. The van der Waals surface area contributed by atoms with Crippen molar-refractivity contribution in [2.45, 2.75) is 32.9 Å². The predicted octanol–water partition coefficient (Wildman–Crippen LogP) is 4.30. The van der Waals surface area contributed by atoms with Gasteiger partial charge in [-0.3, -0.25) is 5.41 Å². The van der Waals surface area contributed by atoms with Gasteiger partial charge in [-0.25, -0.2) is 0 Å². The van der Waals surface area contributed by atoms with Crippen LogP contribution < -0.4 is 5.62 Å². The molecular weight excluding hydrogens is 408 g/mol. The molecule has 2 N–H and O–H groups in total. The largest absolute Gasteiger partial charge is 0.395 e. The maximum Gasteiger partial charge on any atom is 0.203 e. The molecule has 33 heavy (non-hydrogen) atoms. The molecule has 172 valence electrons. The van der Waals surface area contributed by atoms with Crippen LogP contribution in [0, 0.1) is 19.3 Å². The molecule has 0 aliphatic carbocycles. The topological polar surface area (TPSA) is 57.2 Å². The summed E-state index contributed by atoms with van der Waals surface area (Å²) < 4.78 is 4.28. The van der Waals surface area contributed by atoms with E-state index in [1.54, 1.807) is 0 Å². The second kappa shape index (κ2) is 10.2. The minimum absolute atomic E-state index is 0.0703. The van der Waals surface area contributed by atoms with Gasteiger partial charge < -0.3 is 19.1 Å². The first-order valence-corrected chi connectivity index (χ1v) is 11.6. The molecule has 0 saturated carbocycles. The molecule has 0 radical (unpaired) electrons. The summed E-state index contributed by atoms with van der Waals surface area (Å²) >= 11 is 0. The highest BCUT2D eigenvalue weighted by atomic mass is 16.3. The summed E-state index contributed by atoms with van der Waals surface area (Å²) in [5.74, 6) is 0. The Morgan fingerprint density at radius 3 is 2.03 bits per heavy atom. The van der Waals surface area contributed by atoms with Crippen molar-refractivity contribution in [3.05, 3.63) is 101 Å². The van der Waals surface area contributed by atoms with E-state index in [0.29, 0.717) is 18.7 Å². The average Bonchev–Trinajstić information content (AvgIpc) is 3.08. The minimum atomic E-state index is 0.0703. The number of aliphatic hydroxyl groups is 1. The van der Waals surface area contributed by atoms with Gasteiger partial charge in [-0.05, 0) is 50.6 Å². The van der Waals surface area contributed by atoms with Gasteiger partial charge in [0.2, 0.25) is 5.62 Å². The number of aryl methyl sites for hydroxylation is 2. The summed E-state index contributed by atoms with van der Waals surface area (Å²) in [6, 6.07) is 25.6. The third-order valence-corrected chi connectivity index (χ3v) is 6.34. The van der Waals surface area contributed by atoms with E-state index in [0.717, 1.165) is 24.0 Å². The molecule has 0 fully saturated rings. The molecule has 5 nitrogen and oxygen atoms in total. The molecule has 1 aromatic heterocycles. The van der Waals surface area contributed by atoms with Crippen LogP contribution in [-0.4, -0.2) is 45.9 Å². The van der Waals surface area contributed by atoms with Crippen LogP contribution in [0.3, 0.4) is 0 Å². The van der Waals surface area contributed by atoms with E-state index in [-0.39, 0.29) is 12.6 Å². The van der Waals surface area contributed by atoms with Crippen LogP contribution >= 0.6 is 0 Å². The van der Waals surface area contributed by atoms with Gasteiger partial charge in [0.05, 0.1) is 30.2 Å². The summed E-state index contributed by atoms with van der Waals surface area (Å²) in [6.45, 7) is 6.35. The maximum atomic E-state index is 9.46. The maximum absolute atomic E-state index is 9.46. The molecule has 1 atom stereocenters. The number of rotatable bonds is 9. The number of nitrogens with zero attached hydrogens (tertiary/aromatic N) is 3. The van der Waals surface area contributed by atoms with Crippen LogP contribution in [0.5, 0.6) is 0 Å². The van der Waals surface area contributed by atoms with Gasteiger partial charge in [0.25, 0.3) is 0 Å². The third-order valence-electron chi connectivity index (χ3n) is 6.34. The molecule has 4 rings (SSSR count). The number of nitrogens with one attached hydrogen (secondary N) is 1. The monoisotopic (exact) mass is 442 g/mol. The lowest BCUT2D eigenvalue weighted by Gasteiger charge is -2.25. The van der Waals surface area contributed by atoms with E-state index in [1.807, 2.05) is 13.1 Å². The fourth-order valence-electron chi connectivity index (χ4n) is 4.52. The standard InChI is InChI=1S/C28H34N4O/c1-21-8-12-23(13-9-21)18-25(20-30(3)16-17-33)32-27-7-5-4-6-26(27)31(28(32)29)19-24-14-10-22(2)11-15-24/h4-15,25,29,33H,16-20H2,1-3H3. The average molecular weight is 443 g/mol. The first kappa shape index (κ1) is 23.0. The van der Waals surface area contributed by atoms with Crippen LogP contribution in [0.4, 0.5) is 0 Å². The number of aliphatic hydroxyl groups excluding tert-OH is 1.